The standard InChI is InChI=1S/C22H30/c1-3-4-18-7-11-20(12-8-18)22-15-13-21(14-16-22)19-9-5-17(2)6-10-19/h9,11,13-18H,3-8,10,12H2,1-2H3. The molecule has 0 radical (unpaired) electrons. The number of rotatable bonds is 4. The number of hydrogen-bond acceptors (Lipinski definition) is 0. The fraction of sp³-hybridized carbons (Fsp3) is 0.545. The molecule has 0 saturated heterocycles. The summed E-state index contributed by atoms with van der Waals surface area (Å²) in [6.07, 6.45) is 15.5. The fourth-order valence-electron chi connectivity index (χ4n) is 3.95. The Balaban J connectivity index is 1.67. The minimum Gasteiger partial charge on any atom is -0.0805 e. The Morgan fingerprint density at radius 2 is 1.45 bits per heavy atom. The van der Waals surface area contributed by atoms with Crippen molar-refractivity contribution in [2.24, 2.45) is 11.8 Å². The molecule has 2 unspecified atom stereocenters. The van der Waals surface area contributed by atoms with Crippen LogP contribution in [0.4, 0.5) is 0 Å². The summed E-state index contributed by atoms with van der Waals surface area (Å²) in [5.74, 6) is 1.80. The summed E-state index contributed by atoms with van der Waals surface area (Å²) in [6, 6.07) is 9.38. The maximum Gasteiger partial charge on any atom is -0.0227 e. The van der Waals surface area contributed by atoms with Crippen molar-refractivity contribution in [2.45, 2.75) is 65.2 Å². The second-order valence-electron chi connectivity index (χ2n) is 7.34. The first-order valence-electron chi connectivity index (χ1n) is 9.25. The van der Waals surface area contributed by atoms with E-state index in [1.165, 1.54) is 62.5 Å². The van der Waals surface area contributed by atoms with Crippen molar-refractivity contribution in [3.8, 4) is 0 Å². The zero-order valence-electron chi connectivity index (χ0n) is 14.3. The zero-order chi connectivity index (χ0) is 15.4. The number of hydrogen-bond donors (Lipinski definition) is 0. The smallest absolute Gasteiger partial charge is 0.0227 e. The summed E-state index contributed by atoms with van der Waals surface area (Å²) in [7, 11) is 0. The van der Waals surface area contributed by atoms with E-state index in [0.717, 1.165) is 11.8 Å². The van der Waals surface area contributed by atoms with E-state index in [1.54, 1.807) is 11.1 Å². The van der Waals surface area contributed by atoms with Gasteiger partial charge in [-0.25, -0.2) is 0 Å². The molecule has 0 aromatic heterocycles. The first kappa shape index (κ1) is 15.6. The summed E-state index contributed by atoms with van der Waals surface area (Å²) < 4.78 is 0. The molecule has 3 rings (SSSR count). The van der Waals surface area contributed by atoms with E-state index in [1.807, 2.05) is 0 Å². The van der Waals surface area contributed by atoms with Crippen molar-refractivity contribution in [1.29, 1.82) is 0 Å². The van der Waals surface area contributed by atoms with Crippen LogP contribution in [0.5, 0.6) is 0 Å². The molecule has 0 fully saturated rings. The maximum atomic E-state index is 2.50. The van der Waals surface area contributed by atoms with Crippen LogP contribution in [-0.4, -0.2) is 0 Å². The van der Waals surface area contributed by atoms with Gasteiger partial charge < -0.3 is 0 Å². The number of allylic oxidation sites excluding steroid dienone is 4. The first-order chi connectivity index (χ1) is 10.8. The Bertz CT molecular complexity index is 544. The largest absolute Gasteiger partial charge is 0.0805 e. The Hall–Kier alpha value is -1.30. The van der Waals surface area contributed by atoms with Crippen LogP contribution in [-0.2, 0) is 0 Å². The molecule has 0 heteroatoms. The third-order valence-electron chi connectivity index (χ3n) is 5.52. The van der Waals surface area contributed by atoms with Gasteiger partial charge in [-0.05, 0) is 72.6 Å². The molecule has 1 aromatic rings. The normalized spacial score (nSPS) is 25.5. The van der Waals surface area contributed by atoms with Gasteiger partial charge in [0.2, 0.25) is 0 Å². The third kappa shape index (κ3) is 3.72. The van der Waals surface area contributed by atoms with Gasteiger partial charge in [0.1, 0.15) is 0 Å². The van der Waals surface area contributed by atoms with Gasteiger partial charge >= 0.3 is 0 Å². The van der Waals surface area contributed by atoms with E-state index in [9.17, 15) is 0 Å². The van der Waals surface area contributed by atoms with Crippen LogP contribution in [0.15, 0.2) is 36.4 Å². The van der Waals surface area contributed by atoms with Crippen LogP contribution >= 0.6 is 0 Å². The van der Waals surface area contributed by atoms with Gasteiger partial charge in [0.15, 0.2) is 0 Å². The average molecular weight is 294 g/mol. The second kappa shape index (κ2) is 7.31. The molecular weight excluding hydrogens is 264 g/mol. The van der Waals surface area contributed by atoms with Gasteiger partial charge in [0, 0.05) is 0 Å². The lowest BCUT2D eigenvalue weighted by molar-refractivity contribution is 0.445. The van der Waals surface area contributed by atoms with E-state index in [4.69, 9.17) is 0 Å². The Morgan fingerprint density at radius 1 is 0.864 bits per heavy atom. The highest BCUT2D eigenvalue weighted by Crippen LogP contribution is 2.34. The van der Waals surface area contributed by atoms with Gasteiger partial charge in [-0.1, -0.05) is 63.1 Å². The summed E-state index contributed by atoms with van der Waals surface area (Å²) in [5, 5.41) is 0. The summed E-state index contributed by atoms with van der Waals surface area (Å²) >= 11 is 0. The van der Waals surface area contributed by atoms with E-state index in [-0.39, 0.29) is 0 Å². The third-order valence-corrected chi connectivity index (χ3v) is 5.52. The molecule has 2 aliphatic carbocycles. The highest BCUT2D eigenvalue weighted by Gasteiger charge is 2.15. The molecule has 2 atom stereocenters. The van der Waals surface area contributed by atoms with Gasteiger partial charge in [0.25, 0.3) is 0 Å². The maximum absolute atomic E-state index is 2.50. The molecule has 0 saturated carbocycles. The Kier molecular flexibility index (Phi) is 5.18. The predicted octanol–water partition coefficient (Wildman–Crippen LogP) is 6.87. The summed E-state index contributed by atoms with van der Waals surface area (Å²) in [5.41, 5.74) is 6.02. The first-order valence-corrected chi connectivity index (χ1v) is 9.25. The van der Waals surface area contributed by atoms with Gasteiger partial charge in [-0.3, -0.25) is 0 Å². The Morgan fingerprint density at radius 3 is 1.91 bits per heavy atom. The van der Waals surface area contributed by atoms with E-state index in [2.05, 4.69) is 50.3 Å². The molecule has 0 heterocycles. The fourth-order valence-corrected chi connectivity index (χ4v) is 3.95. The van der Waals surface area contributed by atoms with E-state index >= 15 is 0 Å². The Labute approximate surface area is 136 Å². The van der Waals surface area contributed by atoms with Crippen LogP contribution in [0.3, 0.4) is 0 Å². The van der Waals surface area contributed by atoms with Crippen molar-refractivity contribution < 1.29 is 0 Å². The molecular formula is C22H30. The lowest BCUT2D eigenvalue weighted by Gasteiger charge is -2.22. The lowest BCUT2D eigenvalue weighted by Crippen LogP contribution is -2.05. The monoisotopic (exact) mass is 294 g/mol. The van der Waals surface area contributed by atoms with E-state index in [0.29, 0.717) is 0 Å². The number of benzene rings is 1. The van der Waals surface area contributed by atoms with Crippen molar-refractivity contribution in [3.05, 3.63) is 47.5 Å². The van der Waals surface area contributed by atoms with Gasteiger partial charge in [-0.2, -0.15) is 0 Å². The molecule has 118 valence electrons. The molecule has 22 heavy (non-hydrogen) atoms. The van der Waals surface area contributed by atoms with Crippen LogP contribution in [0.25, 0.3) is 11.1 Å². The molecule has 0 nitrogen and oxygen atoms in total. The molecule has 0 amide bonds. The molecule has 0 spiro atoms. The molecule has 0 aliphatic heterocycles. The van der Waals surface area contributed by atoms with Gasteiger partial charge in [0.05, 0.1) is 0 Å². The van der Waals surface area contributed by atoms with Crippen LogP contribution in [0, 0.1) is 11.8 Å². The van der Waals surface area contributed by atoms with Gasteiger partial charge in [-0.15, -0.1) is 0 Å². The van der Waals surface area contributed by atoms with Crippen LogP contribution < -0.4 is 0 Å². The quantitative estimate of drug-likeness (QED) is 0.568. The predicted molar refractivity (Wildman–Crippen MR) is 97.7 cm³/mol. The second-order valence-corrected chi connectivity index (χ2v) is 7.34. The van der Waals surface area contributed by atoms with Crippen LogP contribution in [0.2, 0.25) is 0 Å². The van der Waals surface area contributed by atoms with Crippen molar-refractivity contribution in [2.75, 3.05) is 0 Å². The molecule has 0 N–H and O–H groups in total. The molecule has 2 aliphatic rings. The minimum absolute atomic E-state index is 0.867. The van der Waals surface area contributed by atoms with Crippen LogP contribution in [0.1, 0.15) is 76.3 Å². The average Bonchev–Trinajstić information content (AvgIpc) is 2.57. The highest BCUT2D eigenvalue weighted by atomic mass is 14.2. The van der Waals surface area contributed by atoms with Crippen molar-refractivity contribution in [1.82, 2.24) is 0 Å². The van der Waals surface area contributed by atoms with Crippen molar-refractivity contribution >= 4 is 11.1 Å². The molecule has 1 aromatic carbocycles. The minimum atomic E-state index is 0.867. The highest BCUT2D eigenvalue weighted by molar-refractivity contribution is 5.71. The zero-order valence-corrected chi connectivity index (χ0v) is 14.3. The molecule has 0 bridgehead atoms. The summed E-state index contributed by atoms with van der Waals surface area (Å²) in [4.78, 5) is 0. The SMILES string of the molecule is CCCC1CC=C(c2ccc(C3=CCC(C)CC3)cc2)CC1. The topological polar surface area (TPSA) is 0 Å². The van der Waals surface area contributed by atoms with Crippen molar-refractivity contribution in [3.63, 3.8) is 0 Å². The summed E-state index contributed by atoms with van der Waals surface area (Å²) in [6.45, 7) is 4.66. The van der Waals surface area contributed by atoms with E-state index < -0.39 is 0 Å². The lowest BCUT2D eigenvalue weighted by atomic mass is 9.83.